The van der Waals surface area contributed by atoms with E-state index in [1.54, 1.807) is 22.2 Å². The van der Waals surface area contributed by atoms with Crippen LogP contribution in [0.25, 0.3) is 22.5 Å². The van der Waals surface area contributed by atoms with E-state index in [2.05, 4.69) is 42.3 Å². The number of H-pyrrole nitrogens is 2. The molecule has 4 aromatic carbocycles. The molecule has 15 nitrogen and oxygen atoms in total. The second-order valence-electron chi connectivity index (χ2n) is 17.2. The number of amides is 5. The predicted molar refractivity (Wildman–Crippen MR) is 253 cm³/mol. The van der Waals surface area contributed by atoms with Crippen LogP contribution in [0.15, 0.2) is 122 Å². The van der Waals surface area contributed by atoms with Gasteiger partial charge in [0.25, 0.3) is 5.91 Å². The lowest BCUT2D eigenvalue weighted by Crippen LogP contribution is -2.53. The number of imidazole rings is 2. The first-order valence-electron chi connectivity index (χ1n) is 22.8. The van der Waals surface area contributed by atoms with Crippen molar-refractivity contribution in [1.82, 2.24) is 50.2 Å². The molecule has 3 aliphatic heterocycles. The quantitative estimate of drug-likeness (QED) is 0.107. The number of aromatic nitrogens is 4. The summed E-state index contributed by atoms with van der Waals surface area (Å²) in [5.74, 6) is 7.59. The first-order chi connectivity index (χ1) is 32.7. The molecule has 342 valence electrons. The molecule has 9 rings (SSSR count). The van der Waals surface area contributed by atoms with Gasteiger partial charge in [0.2, 0.25) is 5.91 Å². The van der Waals surface area contributed by atoms with Gasteiger partial charge in [0.1, 0.15) is 23.7 Å². The number of hydrogen-bond donors (Lipinski definition) is 4. The van der Waals surface area contributed by atoms with Crippen molar-refractivity contribution >= 4 is 23.9 Å². The van der Waals surface area contributed by atoms with Crippen LogP contribution < -0.4 is 10.6 Å². The molecule has 4 N–H and O–H groups in total. The molecule has 0 bridgehead atoms. The van der Waals surface area contributed by atoms with Gasteiger partial charge in [-0.2, -0.15) is 0 Å². The Labute approximate surface area is 389 Å². The fraction of sp³-hybridized carbons (Fsp3) is 0.308. The first kappa shape index (κ1) is 44.5. The van der Waals surface area contributed by atoms with Crippen LogP contribution in [0.2, 0.25) is 0 Å². The summed E-state index contributed by atoms with van der Waals surface area (Å²) < 4.78 is 4.83. The van der Waals surface area contributed by atoms with E-state index in [0.29, 0.717) is 43.4 Å². The summed E-state index contributed by atoms with van der Waals surface area (Å²) in [6.07, 6.45) is 6.07. The second-order valence-corrected chi connectivity index (χ2v) is 17.2. The van der Waals surface area contributed by atoms with Crippen LogP contribution in [-0.2, 0) is 14.3 Å². The lowest BCUT2D eigenvalue weighted by atomic mass is 10.0. The summed E-state index contributed by atoms with van der Waals surface area (Å²) >= 11 is 0. The average Bonchev–Trinajstić information content (AvgIpc) is 4.23. The van der Waals surface area contributed by atoms with Gasteiger partial charge in [-0.1, -0.05) is 96.8 Å². The monoisotopic (exact) mass is 898 g/mol. The fourth-order valence-electron chi connectivity index (χ4n) is 9.14. The van der Waals surface area contributed by atoms with E-state index in [4.69, 9.17) is 9.72 Å². The molecule has 0 spiro atoms. The third kappa shape index (κ3) is 10.1. The zero-order valence-electron chi connectivity index (χ0n) is 37.7. The maximum atomic E-state index is 14.3. The Morgan fingerprint density at radius 2 is 1.06 bits per heavy atom. The molecular formula is C52H54N10O5. The van der Waals surface area contributed by atoms with E-state index in [1.807, 2.05) is 121 Å². The number of carbonyl (C=O) groups excluding carboxylic acids is 4. The number of alkyl carbamates (subject to hydrolysis) is 1. The van der Waals surface area contributed by atoms with E-state index in [0.717, 1.165) is 78.0 Å². The molecule has 0 aliphatic carbocycles. The SMILES string of the molecule is COC(=O)N[C@@H](C(=O)N1CCC[C@H]1c1ncc(-c2ccc(C#Cc3ccc(-c4cnc([C@@H]5CCCN5C(=O)[C@H](NC(=O)N5CCN(C)CC5)c5ccccc5)[nH]4)cc3)cc2)[nH]1)c1ccccc1. The fourth-order valence-corrected chi connectivity index (χ4v) is 9.14. The van der Waals surface area contributed by atoms with Crippen molar-refractivity contribution < 1.29 is 23.9 Å². The van der Waals surface area contributed by atoms with E-state index in [9.17, 15) is 19.2 Å². The van der Waals surface area contributed by atoms with Gasteiger partial charge in [0.05, 0.1) is 43.0 Å². The number of ether oxygens (including phenoxy) is 1. The predicted octanol–water partition coefficient (Wildman–Crippen LogP) is 6.99. The summed E-state index contributed by atoms with van der Waals surface area (Å²) in [4.78, 5) is 77.9. The number of rotatable bonds is 10. The lowest BCUT2D eigenvalue weighted by Gasteiger charge is -2.34. The zero-order chi connectivity index (χ0) is 46.3. The van der Waals surface area contributed by atoms with E-state index in [-0.39, 0.29) is 29.9 Å². The average molecular weight is 899 g/mol. The Morgan fingerprint density at radius 1 is 0.612 bits per heavy atom. The number of carbonyl (C=O) groups is 4. The van der Waals surface area contributed by atoms with Gasteiger partial charge in [0, 0.05) is 50.4 Å². The van der Waals surface area contributed by atoms with Gasteiger partial charge < -0.3 is 44.9 Å². The maximum Gasteiger partial charge on any atom is 0.407 e. The van der Waals surface area contributed by atoms with Crippen LogP contribution in [0.1, 0.15) is 83.8 Å². The van der Waals surface area contributed by atoms with Crippen molar-refractivity contribution in [3.8, 4) is 34.4 Å². The normalized spacial score (nSPS) is 18.1. The summed E-state index contributed by atoms with van der Waals surface area (Å²) in [5, 5.41) is 5.78. The lowest BCUT2D eigenvalue weighted by molar-refractivity contribution is -0.135. The maximum absolute atomic E-state index is 14.3. The number of methoxy groups -OCH3 is 1. The molecule has 6 aromatic rings. The molecule has 0 unspecified atom stereocenters. The molecule has 5 amide bonds. The first-order valence-corrected chi connectivity index (χ1v) is 22.8. The number of likely N-dealkylation sites (tertiary alicyclic amines) is 2. The van der Waals surface area contributed by atoms with Crippen LogP contribution in [0.3, 0.4) is 0 Å². The number of benzene rings is 4. The molecule has 67 heavy (non-hydrogen) atoms. The molecule has 0 radical (unpaired) electrons. The molecular weight excluding hydrogens is 845 g/mol. The standard InChI is InChI=1S/C52H54N10O5/c1-59-29-31-60(32-30-59)51(65)57-45(39-11-5-3-6-12-39)49(63)61-27-9-15-43(61)47-53-33-41(55-47)37-23-19-35(20-24-37)17-18-36-21-25-38(26-22-36)42-34-54-48(56-42)44-16-10-28-62(44)50(64)46(58-52(66)67-2)40-13-7-4-8-14-40/h3-8,11-14,19-26,33-34,43-46H,9-10,15-16,27-32H2,1-2H3,(H,53,55)(H,54,56)(H,57,65)(H,58,66)/t43-,44-,45+,46+/m0/s1. The molecule has 3 saturated heterocycles. The highest BCUT2D eigenvalue weighted by Gasteiger charge is 2.39. The van der Waals surface area contributed by atoms with Crippen molar-refractivity contribution in [3.63, 3.8) is 0 Å². The summed E-state index contributed by atoms with van der Waals surface area (Å²) in [7, 11) is 3.32. The molecule has 3 aliphatic rings. The smallest absolute Gasteiger partial charge is 0.407 e. The van der Waals surface area contributed by atoms with Gasteiger partial charge >= 0.3 is 12.1 Å². The summed E-state index contributed by atoms with van der Waals surface area (Å²) in [5.41, 5.74) is 6.69. The van der Waals surface area contributed by atoms with Crippen molar-refractivity contribution in [1.29, 1.82) is 0 Å². The van der Waals surface area contributed by atoms with Gasteiger partial charge in [-0.15, -0.1) is 0 Å². The van der Waals surface area contributed by atoms with Crippen LogP contribution in [0.4, 0.5) is 9.59 Å². The van der Waals surface area contributed by atoms with Gasteiger partial charge in [-0.25, -0.2) is 19.6 Å². The van der Waals surface area contributed by atoms with Crippen LogP contribution in [0, 0.1) is 11.8 Å². The molecule has 4 atom stereocenters. The number of urea groups is 1. The van der Waals surface area contributed by atoms with Crippen LogP contribution >= 0.6 is 0 Å². The number of nitrogens with one attached hydrogen (secondary N) is 4. The van der Waals surface area contributed by atoms with Crippen molar-refractivity contribution in [2.75, 3.05) is 53.4 Å². The minimum absolute atomic E-state index is 0.145. The van der Waals surface area contributed by atoms with Crippen molar-refractivity contribution in [3.05, 3.63) is 155 Å². The Kier molecular flexibility index (Phi) is 13.4. The topological polar surface area (TPSA) is 172 Å². The Balaban J connectivity index is 0.827. The highest BCUT2D eigenvalue weighted by molar-refractivity contribution is 5.89. The van der Waals surface area contributed by atoms with Crippen LogP contribution in [0.5, 0.6) is 0 Å². The zero-order valence-corrected chi connectivity index (χ0v) is 37.7. The molecule has 0 saturated carbocycles. The Hall–Kier alpha value is -7.70. The molecule has 15 heteroatoms. The third-order valence-corrected chi connectivity index (χ3v) is 12.9. The number of likely N-dealkylation sites (N-methyl/N-ethyl adjacent to an activating group) is 1. The molecule has 3 fully saturated rings. The highest BCUT2D eigenvalue weighted by atomic mass is 16.5. The van der Waals surface area contributed by atoms with Crippen molar-refractivity contribution in [2.45, 2.75) is 49.9 Å². The van der Waals surface area contributed by atoms with E-state index < -0.39 is 18.2 Å². The Morgan fingerprint density at radius 3 is 1.51 bits per heavy atom. The minimum Gasteiger partial charge on any atom is -0.453 e. The number of aromatic amines is 2. The third-order valence-electron chi connectivity index (χ3n) is 12.9. The molecule has 5 heterocycles. The van der Waals surface area contributed by atoms with Crippen molar-refractivity contribution in [2.24, 2.45) is 0 Å². The second kappa shape index (κ2) is 20.2. The summed E-state index contributed by atoms with van der Waals surface area (Å²) in [6.45, 7) is 3.94. The number of piperazine rings is 1. The van der Waals surface area contributed by atoms with E-state index in [1.165, 1.54) is 7.11 Å². The van der Waals surface area contributed by atoms with Gasteiger partial charge in [0.15, 0.2) is 0 Å². The molecule has 2 aromatic heterocycles. The van der Waals surface area contributed by atoms with E-state index >= 15 is 0 Å². The largest absolute Gasteiger partial charge is 0.453 e. The van der Waals surface area contributed by atoms with Gasteiger partial charge in [-0.3, -0.25) is 9.59 Å². The number of hydrogen-bond acceptors (Lipinski definition) is 8. The van der Waals surface area contributed by atoms with Crippen LogP contribution in [-0.4, -0.2) is 117 Å². The summed E-state index contributed by atoms with van der Waals surface area (Å²) in [6, 6.07) is 32.1. The highest BCUT2D eigenvalue weighted by Crippen LogP contribution is 2.36. The minimum atomic E-state index is -0.886. The Bertz CT molecular complexity index is 2740. The van der Waals surface area contributed by atoms with Gasteiger partial charge in [-0.05, 0) is 79.3 Å². The number of nitrogens with zero attached hydrogens (tertiary/aromatic N) is 6.